The third kappa shape index (κ3) is 7.58. The third-order valence-electron chi connectivity index (χ3n) is 4.48. The van der Waals surface area contributed by atoms with Crippen LogP contribution >= 0.6 is 0 Å². The fourth-order valence-corrected chi connectivity index (χ4v) is 3.19. The van der Waals surface area contributed by atoms with E-state index in [2.05, 4.69) is 49.5 Å². The Balaban J connectivity index is 2.86. The van der Waals surface area contributed by atoms with Gasteiger partial charge in [0.2, 0.25) is 0 Å². The number of hydrogen-bond donors (Lipinski definition) is 0. The highest BCUT2D eigenvalue weighted by Crippen LogP contribution is 2.26. The van der Waals surface area contributed by atoms with E-state index < -0.39 is 5.60 Å². The Morgan fingerprint density at radius 3 is 2.52 bits per heavy atom. The summed E-state index contributed by atoms with van der Waals surface area (Å²) in [6.45, 7) is 15.7. The summed E-state index contributed by atoms with van der Waals surface area (Å²) in [7, 11) is 2.09. The Hall–Kier alpha value is -2.10. The van der Waals surface area contributed by atoms with E-state index in [-0.39, 0.29) is 5.97 Å². The number of aliphatic imine (C=N–C) groups is 1. The lowest BCUT2D eigenvalue weighted by atomic mass is 9.92. The molecule has 1 aliphatic rings. The second-order valence-electron chi connectivity index (χ2n) is 8.21. The molecule has 1 unspecified atom stereocenters. The Kier molecular flexibility index (Phi) is 8.74. The van der Waals surface area contributed by atoms with Gasteiger partial charge in [-0.1, -0.05) is 36.0 Å². The van der Waals surface area contributed by atoms with Crippen molar-refractivity contribution < 1.29 is 9.53 Å². The van der Waals surface area contributed by atoms with Crippen molar-refractivity contribution in [3.63, 3.8) is 0 Å². The molecule has 4 nitrogen and oxygen atoms in total. The van der Waals surface area contributed by atoms with E-state index in [0.717, 1.165) is 30.7 Å². The van der Waals surface area contributed by atoms with Gasteiger partial charge in [-0.05, 0) is 60.8 Å². The minimum atomic E-state index is -0.432. The predicted molar refractivity (Wildman–Crippen MR) is 115 cm³/mol. The normalized spacial score (nSPS) is 18.1. The molecule has 1 atom stereocenters. The standard InChI is InChI=1S/C23H36N2O2/c1-9-11-20(17(3)4)22(24-10-2)25(8)19-14-12-18(13-15-19)16-21(26)27-23(5,6)7/h9-12,19H,2,13-16H2,1,3-8H3/b11-9-,24-22?. The molecule has 4 heteroatoms. The van der Waals surface area contributed by atoms with Gasteiger partial charge in [0, 0.05) is 24.9 Å². The maximum absolute atomic E-state index is 12.1. The number of carbonyl (C=O) groups is 1. The lowest BCUT2D eigenvalue weighted by Crippen LogP contribution is -2.39. The van der Waals surface area contributed by atoms with Gasteiger partial charge in [0.1, 0.15) is 11.4 Å². The van der Waals surface area contributed by atoms with Crippen LogP contribution in [0.2, 0.25) is 0 Å². The zero-order valence-electron chi connectivity index (χ0n) is 18.1. The van der Waals surface area contributed by atoms with Crippen LogP contribution in [0.15, 0.2) is 52.7 Å². The molecule has 0 radical (unpaired) electrons. The molecule has 0 aliphatic heterocycles. The Morgan fingerprint density at radius 1 is 1.41 bits per heavy atom. The molecule has 27 heavy (non-hydrogen) atoms. The number of amidine groups is 1. The quantitative estimate of drug-likeness (QED) is 0.201. The first-order chi connectivity index (χ1) is 12.6. The van der Waals surface area contributed by atoms with Gasteiger partial charge in [0.25, 0.3) is 0 Å². The summed E-state index contributed by atoms with van der Waals surface area (Å²) in [6, 6.07) is 0.352. The van der Waals surface area contributed by atoms with Crippen molar-refractivity contribution in [3.8, 4) is 0 Å². The average Bonchev–Trinajstić information content (AvgIpc) is 2.56. The Bertz CT molecular complexity index is 656. The first kappa shape index (κ1) is 22.9. The highest BCUT2D eigenvalue weighted by atomic mass is 16.6. The van der Waals surface area contributed by atoms with Crippen LogP contribution in [-0.4, -0.2) is 35.4 Å². The number of esters is 1. The van der Waals surface area contributed by atoms with Crippen LogP contribution in [0.4, 0.5) is 0 Å². The van der Waals surface area contributed by atoms with Crippen molar-refractivity contribution in [1.29, 1.82) is 0 Å². The van der Waals surface area contributed by atoms with Gasteiger partial charge in [0.15, 0.2) is 0 Å². The molecular weight excluding hydrogens is 336 g/mol. The first-order valence-electron chi connectivity index (χ1n) is 9.70. The summed E-state index contributed by atoms with van der Waals surface area (Å²) in [6.07, 6.45) is 11.1. The summed E-state index contributed by atoms with van der Waals surface area (Å²) in [5.41, 5.74) is 3.09. The number of nitrogens with zero attached hydrogens (tertiary/aromatic N) is 2. The molecule has 0 spiro atoms. The average molecular weight is 373 g/mol. The van der Waals surface area contributed by atoms with Gasteiger partial charge in [-0.15, -0.1) is 0 Å². The van der Waals surface area contributed by atoms with Crippen LogP contribution in [0.5, 0.6) is 0 Å². The zero-order chi connectivity index (χ0) is 20.6. The minimum Gasteiger partial charge on any atom is -0.460 e. The van der Waals surface area contributed by atoms with E-state index in [4.69, 9.17) is 4.74 Å². The van der Waals surface area contributed by atoms with E-state index >= 15 is 0 Å². The van der Waals surface area contributed by atoms with Gasteiger partial charge in [-0.2, -0.15) is 0 Å². The zero-order valence-corrected chi connectivity index (χ0v) is 18.1. The molecule has 0 aromatic carbocycles. The van der Waals surface area contributed by atoms with Gasteiger partial charge in [0.05, 0.1) is 6.42 Å². The SMILES string of the molecule is C=CN=C(C(/C=C\C)=C(C)C)N(C)C1CC=C(CC(=O)OC(C)(C)C)CC1. The fourth-order valence-electron chi connectivity index (χ4n) is 3.19. The van der Waals surface area contributed by atoms with E-state index in [0.29, 0.717) is 12.5 Å². The molecule has 1 aliphatic carbocycles. The van der Waals surface area contributed by atoms with Crippen LogP contribution in [0.1, 0.15) is 67.2 Å². The van der Waals surface area contributed by atoms with E-state index in [9.17, 15) is 4.79 Å². The molecule has 0 amide bonds. The molecule has 150 valence electrons. The molecule has 1 rings (SSSR count). The van der Waals surface area contributed by atoms with E-state index in [1.54, 1.807) is 6.20 Å². The summed E-state index contributed by atoms with van der Waals surface area (Å²) in [4.78, 5) is 18.8. The fraction of sp³-hybridized carbons (Fsp3) is 0.565. The van der Waals surface area contributed by atoms with Crippen molar-refractivity contribution in [2.45, 2.75) is 78.9 Å². The largest absolute Gasteiger partial charge is 0.460 e. The topological polar surface area (TPSA) is 41.9 Å². The monoisotopic (exact) mass is 372 g/mol. The number of likely N-dealkylation sites (N-methyl/N-ethyl adjacent to an activating group) is 1. The van der Waals surface area contributed by atoms with Gasteiger partial charge < -0.3 is 9.64 Å². The molecule has 0 heterocycles. The number of carbonyl (C=O) groups excluding carboxylic acids is 1. The second kappa shape index (κ2) is 10.3. The van der Waals surface area contributed by atoms with Gasteiger partial charge in [-0.25, -0.2) is 4.99 Å². The lowest BCUT2D eigenvalue weighted by molar-refractivity contribution is -0.153. The molecule has 0 saturated carbocycles. The van der Waals surface area contributed by atoms with Crippen molar-refractivity contribution in [2.24, 2.45) is 4.99 Å². The van der Waals surface area contributed by atoms with Crippen molar-refractivity contribution in [1.82, 2.24) is 4.90 Å². The molecule has 0 N–H and O–H groups in total. The third-order valence-corrected chi connectivity index (χ3v) is 4.48. The second-order valence-corrected chi connectivity index (χ2v) is 8.21. The van der Waals surface area contributed by atoms with Crippen molar-refractivity contribution in [3.05, 3.63) is 47.7 Å². The first-order valence-corrected chi connectivity index (χ1v) is 9.70. The van der Waals surface area contributed by atoms with Crippen LogP contribution in [0.3, 0.4) is 0 Å². The molecule has 0 bridgehead atoms. The number of allylic oxidation sites excluding steroid dienone is 2. The molecular formula is C23H36N2O2. The molecule has 0 aromatic heterocycles. The van der Waals surface area contributed by atoms with Crippen LogP contribution < -0.4 is 0 Å². The molecule has 0 fully saturated rings. The predicted octanol–water partition coefficient (Wildman–Crippen LogP) is 5.58. The van der Waals surface area contributed by atoms with Crippen molar-refractivity contribution >= 4 is 11.8 Å². The van der Waals surface area contributed by atoms with Crippen LogP contribution in [-0.2, 0) is 9.53 Å². The van der Waals surface area contributed by atoms with Gasteiger partial charge in [-0.3, -0.25) is 4.79 Å². The van der Waals surface area contributed by atoms with Crippen LogP contribution in [0, 0.1) is 0 Å². The summed E-state index contributed by atoms with van der Waals surface area (Å²) >= 11 is 0. The number of ether oxygens (including phenoxy) is 1. The highest BCUT2D eigenvalue weighted by molar-refractivity contribution is 6.01. The smallest absolute Gasteiger partial charge is 0.310 e. The van der Waals surface area contributed by atoms with E-state index in [1.165, 1.54) is 11.1 Å². The minimum absolute atomic E-state index is 0.144. The van der Waals surface area contributed by atoms with Crippen LogP contribution in [0.25, 0.3) is 0 Å². The maximum atomic E-state index is 12.1. The lowest BCUT2D eigenvalue weighted by Gasteiger charge is -2.34. The molecule has 0 aromatic rings. The Morgan fingerprint density at radius 2 is 2.07 bits per heavy atom. The van der Waals surface area contributed by atoms with E-state index in [1.807, 2.05) is 33.8 Å². The summed E-state index contributed by atoms with van der Waals surface area (Å²) in [5.74, 6) is 0.798. The molecule has 0 saturated heterocycles. The number of rotatable bonds is 6. The maximum Gasteiger partial charge on any atom is 0.310 e. The highest BCUT2D eigenvalue weighted by Gasteiger charge is 2.24. The number of hydrogen-bond acceptors (Lipinski definition) is 3. The Labute approximate surface area is 165 Å². The summed E-state index contributed by atoms with van der Waals surface area (Å²) < 4.78 is 5.44. The van der Waals surface area contributed by atoms with Gasteiger partial charge >= 0.3 is 5.97 Å². The van der Waals surface area contributed by atoms with Crippen molar-refractivity contribution in [2.75, 3.05) is 7.05 Å². The summed E-state index contributed by atoms with van der Waals surface area (Å²) in [5, 5.41) is 0.